The van der Waals surface area contributed by atoms with E-state index >= 15 is 0 Å². The average Bonchev–Trinajstić information content (AvgIpc) is 2.78. The van der Waals surface area contributed by atoms with E-state index in [1.165, 1.54) is 0 Å². The minimum Gasteiger partial charge on any atom is -0.396 e. The molecule has 1 aromatic heterocycles. The Kier molecular flexibility index (Phi) is 7.55. The summed E-state index contributed by atoms with van der Waals surface area (Å²) in [6, 6.07) is 0. The number of hydrogen-bond donors (Lipinski definition) is 2. The highest BCUT2D eigenvalue weighted by atomic mass is 32.2. The highest BCUT2D eigenvalue weighted by molar-refractivity contribution is 7.98. The molecule has 0 aliphatic rings. The van der Waals surface area contributed by atoms with Gasteiger partial charge in [0, 0.05) is 36.5 Å². The molecule has 0 fully saturated rings. The van der Waals surface area contributed by atoms with Crippen molar-refractivity contribution >= 4 is 29.0 Å². The van der Waals surface area contributed by atoms with Gasteiger partial charge in [0.25, 0.3) is 0 Å². The lowest BCUT2D eigenvalue weighted by Gasteiger charge is -2.23. The first kappa shape index (κ1) is 17.5. The van der Waals surface area contributed by atoms with Gasteiger partial charge in [-0.3, -0.25) is 4.79 Å². The Bertz CT molecular complexity index is 419. The molecule has 1 rings (SSSR count). The Morgan fingerprint density at radius 3 is 2.90 bits per heavy atom. The van der Waals surface area contributed by atoms with Crippen molar-refractivity contribution in [3.8, 4) is 0 Å². The number of nitrogens with zero attached hydrogens (tertiary/aromatic N) is 1. The summed E-state index contributed by atoms with van der Waals surface area (Å²) in [4.78, 5) is 16.1. The van der Waals surface area contributed by atoms with Crippen LogP contribution < -0.4 is 5.32 Å². The molecular formula is C14H24N2O2S2. The fourth-order valence-corrected chi connectivity index (χ4v) is 3.18. The van der Waals surface area contributed by atoms with Crippen molar-refractivity contribution in [2.24, 2.45) is 5.41 Å². The van der Waals surface area contributed by atoms with Gasteiger partial charge in [-0.15, -0.1) is 11.3 Å². The minimum atomic E-state index is -0.0460. The molecule has 0 saturated heterocycles. The van der Waals surface area contributed by atoms with E-state index < -0.39 is 0 Å². The van der Waals surface area contributed by atoms with E-state index in [-0.39, 0.29) is 17.9 Å². The van der Waals surface area contributed by atoms with Crippen molar-refractivity contribution in [1.29, 1.82) is 0 Å². The van der Waals surface area contributed by atoms with E-state index in [0.29, 0.717) is 19.4 Å². The Labute approximate surface area is 129 Å². The molecule has 1 heterocycles. The lowest BCUT2D eigenvalue weighted by Crippen LogP contribution is -2.34. The standard InChI is InChI=1S/C14H24N2O2S2/c1-11-16-12(9-20-11)8-19-7-4-13(18)15-10-14(2,3)5-6-17/h9,17H,4-8,10H2,1-3H3,(H,15,18). The maximum atomic E-state index is 11.7. The topological polar surface area (TPSA) is 62.2 Å². The molecule has 114 valence electrons. The van der Waals surface area contributed by atoms with Gasteiger partial charge in [-0.25, -0.2) is 4.98 Å². The van der Waals surface area contributed by atoms with Gasteiger partial charge in [-0.1, -0.05) is 13.8 Å². The van der Waals surface area contributed by atoms with Gasteiger partial charge in [0.1, 0.15) is 0 Å². The Hall–Kier alpha value is -0.590. The average molecular weight is 316 g/mol. The summed E-state index contributed by atoms with van der Waals surface area (Å²) < 4.78 is 0. The summed E-state index contributed by atoms with van der Waals surface area (Å²) >= 11 is 3.40. The van der Waals surface area contributed by atoms with Crippen LogP contribution >= 0.6 is 23.1 Å². The first-order valence-corrected chi connectivity index (χ1v) is 8.83. The minimum absolute atomic E-state index is 0.0460. The van der Waals surface area contributed by atoms with Crippen LogP contribution in [0.5, 0.6) is 0 Å². The lowest BCUT2D eigenvalue weighted by molar-refractivity contribution is -0.121. The number of aryl methyl sites for hydroxylation is 1. The van der Waals surface area contributed by atoms with Crippen molar-refractivity contribution in [1.82, 2.24) is 10.3 Å². The SMILES string of the molecule is Cc1nc(CSCCC(=O)NCC(C)(C)CCO)cs1. The lowest BCUT2D eigenvalue weighted by atomic mass is 9.90. The molecule has 6 heteroatoms. The van der Waals surface area contributed by atoms with E-state index in [4.69, 9.17) is 5.11 Å². The maximum Gasteiger partial charge on any atom is 0.220 e. The Morgan fingerprint density at radius 1 is 1.55 bits per heavy atom. The van der Waals surface area contributed by atoms with Crippen LogP contribution in [0.25, 0.3) is 0 Å². The first-order valence-electron chi connectivity index (χ1n) is 6.79. The third-order valence-electron chi connectivity index (χ3n) is 2.94. The van der Waals surface area contributed by atoms with Gasteiger partial charge in [0.05, 0.1) is 10.7 Å². The number of carbonyl (C=O) groups excluding carboxylic acids is 1. The van der Waals surface area contributed by atoms with Gasteiger partial charge in [0.15, 0.2) is 0 Å². The fourth-order valence-electron chi connectivity index (χ4n) is 1.63. The Balaban J connectivity index is 2.11. The van der Waals surface area contributed by atoms with Gasteiger partial charge in [-0.05, 0) is 18.8 Å². The molecule has 1 amide bonds. The number of aliphatic hydroxyl groups is 1. The predicted octanol–water partition coefficient (Wildman–Crippen LogP) is 2.60. The molecule has 4 nitrogen and oxygen atoms in total. The van der Waals surface area contributed by atoms with Crippen molar-refractivity contribution in [3.05, 3.63) is 16.1 Å². The van der Waals surface area contributed by atoms with Crippen LogP contribution in [0.15, 0.2) is 5.38 Å². The summed E-state index contributed by atoms with van der Waals surface area (Å²) in [6.07, 6.45) is 1.23. The number of thiazole rings is 1. The third-order valence-corrected chi connectivity index (χ3v) is 4.76. The van der Waals surface area contributed by atoms with Gasteiger partial charge >= 0.3 is 0 Å². The van der Waals surface area contributed by atoms with Crippen LogP contribution in [0.3, 0.4) is 0 Å². The first-order chi connectivity index (χ1) is 9.43. The smallest absolute Gasteiger partial charge is 0.220 e. The molecule has 0 saturated carbocycles. The van der Waals surface area contributed by atoms with Crippen LogP contribution in [0.1, 0.15) is 37.4 Å². The number of aliphatic hydroxyl groups excluding tert-OH is 1. The number of amides is 1. The van der Waals surface area contributed by atoms with Crippen molar-refractivity contribution < 1.29 is 9.90 Å². The molecule has 0 bridgehead atoms. The van der Waals surface area contributed by atoms with E-state index in [9.17, 15) is 4.79 Å². The van der Waals surface area contributed by atoms with E-state index in [1.807, 2.05) is 20.8 Å². The van der Waals surface area contributed by atoms with Crippen molar-refractivity contribution in [3.63, 3.8) is 0 Å². The molecule has 0 aliphatic carbocycles. The zero-order valence-corrected chi connectivity index (χ0v) is 14.1. The molecule has 0 aromatic carbocycles. The van der Waals surface area contributed by atoms with E-state index in [0.717, 1.165) is 22.2 Å². The highest BCUT2D eigenvalue weighted by Crippen LogP contribution is 2.18. The monoisotopic (exact) mass is 316 g/mol. The zero-order valence-electron chi connectivity index (χ0n) is 12.4. The van der Waals surface area contributed by atoms with Gasteiger partial charge in [0.2, 0.25) is 5.91 Å². The van der Waals surface area contributed by atoms with E-state index in [1.54, 1.807) is 23.1 Å². The summed E-state index contributed by atoms with van der Waals surface area (Å²) in [5.41, 5.74) is 1.05. The number of rotatable bonds is 9. The molecule has 0 atom stereocenters. The Morgan fingerprint density at radius 2 is 2.30 bits per heavy atom. The molecule has 0 radical (unpaired) electrons. The second-order valence-corrected chi connectivity index (χ2v) is 7.74. The second kappa shape index (κ2) is 8.64. The number of thioether (sulfide) groups is 1. The van der Waals surface area contributed by atoms with E-state index in [2.05, 4.69) is 15.7 Å². The van der Waals surface area contributed by atoms with Crippen molar-refractivity contribution in [2.75, 3.05) is 18.9 Å². The third kappa shape index (κ3) is 7.26. The molecule has 0 unspecified atom stereocenters. The second-order valence-electron chi connectivity index (χ2n) is 5.57. The summed E-state index contributed by atoms with van der Waals surface area (Å²) in [7, 11) is 0. The molecule has 0 aliphatic heterocycles. The molecule has 20 heavy (non-hydrogen) atoms. The predicted molar refractivity (Wildman–Crippen MR) is 86.1 cm³/mol. The van der Waals surface area contributed by atoms with Crippen molar-refractivity contribution in [2.45, 2.75) is 39.4 Å². The normalized spacial score (nSPS) is 11.6. The number of nitrogens with one attached hydrogen (secondary N) is 1. The molecule has 1 aromatic rings. The zero-order chi connectivity index (χ0) is 15.0. The number of hydrogen-bond acceptors (Lipinski definition) is 5. The number of carbonyl (C=O) groups is 1. The molecule has 2 N–H and O–H groups in total. The summed E-state index contributed by atoms with van der Waals surface area (Å²) in [5.74, 6) is 1.76. The molecular weight excluding hydrogens is 292 g/mol. The quantitative estimate of drug-likeness (QED) is 0.688. The largest absolute Gasteiger partial charge is 0.396 e. The van der Waals surface area contributed by atoms with Crippen LogP contribution in [0, 0.1) is 12.3 Å². The van der Waals surface area contributed by atoms with Gasteiger partial charge in [-0.2, -0.15) is 11.8 Å². The number of aromatic nitrogens is 1. The molecule has 0 spiro atoms. The summed E-state index contributed by atoms with van der Waals surface area (Å²) in [6.45, 7) is 6.86. The van der Waals surface area contributed by atoms with Crippen LogP contribution in [-0.4, -0.2) is 34.9 Å². The van der Waals surface area contributed by atoms with Gasteiger partial charge < -0.3 is 10.4 Å². The van der Waals surface area contributed by atoms with Crippen LogP contribution in [0.2, 0.25) is 0 Å². The van der Waals surface area contributed by atoms with Crippen LogP contribution in [0.4, 0.5) is 0 Å². The maximum absolute atomic E-state index is 11.7. The highest BCUT2D eigenvalue weighted by Gasteiger charge is 2.17. The fraction of sp³-hybridized carbons (Fsp3) is 0.714. The summed E-state index contributed by atoms with van der Waals surface area (Å²) in [5, 5.41) is 15.0. The van der Waals surface area contributed by atoms with Crippen LogP contribution in [-0.2, 0) is 10.5 Å².